The van der Waals surface area contributed by atoms with E-state index < -0.39 is 5.97 Å². The van der Waals surface area contributed by atoms with Crippen LogP contribution in [0.5, 0.6) is 0 Å². The molecule has 0 spiro atoms. The molecule has 0 fully saturated rings. The van der Waals surface area contributed by atoms with Gasteiger partial charge in [-0.05, 0) is 13.6 Å². The Morgan fingerprint density at radius 1 is 1.38 bits per heavy atom. The molecule has 0 bridgehead atoms. The molecule has 0 N–H and O–H groups in total. The van der Waals surface area contributed by atoms with E-state index in [9.17, 15) is 4.79 Å². The van der Waals surface area contributed by atoms with Crippen molar-refractivity contribution in [1.82, 2.24) is 5.01 Å². The van der Waals surface area contributed by atoms with E-state index in [1.807, 2.05) is 50.2 Å². The molecule has 1 aromatic carbocycles. The molecule has 21 heavy (non-hydrogen) atoms. The normalized spacial score (nSPS) is 10.6. The molecular formula is C16H23N2O2Ru+. The van der Waals surface area contributed by atoms with Crippen LogP contribution in [0.15, 0.2) is 24.3 Å². The minimum Gasteiger partial charge on any atom is -0.595 e. The number of allylic oxidation sites excluding steroid dienone is 1. The van der Waals surface area contributed by atoms with Gasteiger partial charge in [0.05, 0.1) is 7.11 Å². The predicted molar refractivity (Wildman–Crippen MR) is 82.6 cm³/mol. The molecular weight excluding hydrogens is 353 g/mol. The Hall–Kier alpha value is -1.03. The number of benzene rings is 1. The number of ether oxygens (including phenoxy) is 1. The average molecular weight is 376 g/mol. The van der Waals surface area contributed by atoms with E-state index in [1.165, 1.54) is 7.11 Å². The van der Waals surface area contributed by atoms with Crippen LogP contribution in [0, 0.1) is 13.5 Å². The summed E-state index contributed by atoms with van der Waals surface area (Å²) in [5, 5.41) is 1.89. The van der Waals surface area contributed by atoms with Crippen LogP contribution in [0.3, 0.4) is 0 Å². The molecule has 116 valence electrons. The van der Waals surface area contributed by atoms with Gasteiger partial charge in [-0.1, -0.05) is 32.0 Å². The van der Waals surface area contributed by atoms with Crippen LogP contribution >= 0.6 is 0 Å². The number of methoxy groups -OCH3 is 1. The molecule has 0 amide bonds. The van der Waals surface area contributed by atoms with Gasteiger partial charge in [-0.15, -0.1) is 18.2 Å². The second-order valence-corrected chi connectivity index (χ2v) is 4.17. The van der Waals surface area contributed by atoms with Gasteiger partial charge < -0.3 is 22.6 Å². The van der Waals surface area contributed by atoms with Crippen molar-refractivity contribution in [1.29, 1.82) is 0 Å². The Kier molecular flexibility index (Phi) is 12.3. The summed E-state index contributed by atoms with van der Waals surface area (Å²) in [5.41, 5.74) is 7.18. The quantitative estimate of drug-likeness (QED) is 0.252. The molecule has 0 aliphatic heterocycles. The molecule has 0 unspecified atom stereocenters. The van der Waals surface area contributed by atoms with Crippen molar-refractivity contribution in [2.75, 3.05) is 20.7 Å². The van der Waals surface area contributed by atoms with Crippen molar-refractivity contribution in [3.8, 4) is 0 Å². The van der Waals surface area contributed by atoms with E-state index in [1.54, 1.807) is 0 Å². The Bertz CT molecular complexity index is 461. The molecule has 0 atom stereocenters. The fourth-order valence-corrected chi connectivity index (χ4v) is 1.83. The van der Waals surface area contributed by atoms with Crippen molar-refractivity contribution >= 4 is 11.5 Å². The number of nitrogens with zero attached hydrogens (tertiary/aromatic N) is 2. The first-order valence-corrected chi connectivity index (χ1v) is 6.23. The zero-order valence-corrected chi connectivity index (χ0v) is 15.0. The van der Waals surface area contributed by atoms with Gasteiger partial charge in [-0.2, -0.15) is 11.6 Å². The van der Waals surface area contributed by atoms with Gasteiger partial charge in [0.25, 0.3) is 0 Å². The van der Waals surface area contributed by atoms with Crippen LogP contribution < -0.4 is 0 Å². The Morgan fingerprint density at radius 3 is 2.57 bits per heavy atom. The molecule has 0 aliphatic carbocycles. The summed E-state index contributed by atoms with van der Waals surface area (Å²) < 4.78 is 4.60. The fraction of sp³-hybridized carbons (Fsp3) is 0.375. The van der Waals surface area contributed by atoms with Gasteiger partial charge in [-0.25, -0.2) is 5.57 Å². The zero-order valence-electron chi connectivity index (χ0n) is 13.3. The molecule has 0 heterocycles. The second kappa shape index (κ2) is 11.6. The molecule has 5 heteroatoms. The van der Waals surface area contributed by atoms with E-state index >= 15 is 0 Å². The van der Waals surface area contributed by atoms with Crippen LogP contribution in [0.25, 0.3) is 11.0 Å². The summed E-state index contributed by atoms with van der Waals surface area (Å²) in [6, 6.07) is 7.92. The van der Waals surface area contributed by atoms with Crippen LogP contribution in [0.1, 0.15) is 25.0 Å². The maximum atomic E-state index is 11.2. The van der Waals surface area contributed by atoms with E-state index in [-0.39, 0.29) is 26.9 Å². The Morgan fingerprint density at radius 2 is 2.00 bits per heavy atom. The van der Waals surface area contributed by atoms with E-state index in [4.69, 9.17) is 0 Å². The van der Waals surface area contributed by atoms with Crippen LogP contribution in [-0.4, -0.2) is 31.7 Å². The summed E-state index contributed by atoms with van der Waals surface area (Å²) in [4.78, 5) is 11.2. The molecule has 0 aliphatic rings. The molecule has 4 nitrogen and oxygen atoms in total. The van der Waals surface area contributed by atoms with Crippen LogP contribution in [-0.2, 0) is 35.6 Å². The molecule has 0 radical (unpaired) electrons. The maximum Gasteiger partial charge on any atom is 4.00 e. The number of hydrogen-bond donors (Lipinski definition) is 0. The summed E-state index contributed by atoms with van der Waals surface area (Å²) in [6.07, 6.45) is 2.70. The molecule has 0 aromatic heterocycles. The Balaban J connectivity index is 0. The van der Waals surface area contributed by atoms with Crippen LogP contribution in [0.4, 0.5) is 0 Å². The van der Waals surface area contributed by atoms with E-state index in [2.05, 4.69) is 16.2 Å². The van der Waals surface area contributed by atoms with E-state index in [0.717, 1.165) is 23.2 Å². The molecule has 1 aromatic rings. The predicted octanol–water partition coefficient (Wildman–Crippen LogP) is 3.25. The van der Waals surface area contributed by atoms with Crippen LogP contribution in [0.2, 0.25) is 0 Å². The minimum atomic E-state index is -0.459. The summed E-state index contributed by atoms with van der Waals surface area (Å²) >= 11 is 0. The SMILES string of the molecule is CC[N-]N(C)Cc1ccccc1C(C)=[C-]C(=O)OC.[CH3-].[Ru+4]. The topological polar surface area (TPSA) is 43.6 Å². The monoisotopic (exact) mass is 377 g/mol. The molecule has 0 saturated carbocycles. The number of carbonyl (C=O) groups excluding carboxylic acids is 1. The minimum absolute atomic E-state index is 0. The third-order valence-electron chi connectivity index (χ3n) is 2.68. The van der Waals surface area contributed by atoms with Gasteiger partial charge in [0, 0.05) is 0 Å². The van der Waals surface area contributed by atoms with Gasteiger partial charge in [-0.3, -0.25) is 4.79 Å². The van der Waals surface area contributed by atoms with Crippen molar-refractivity contribution in [3.63, 3.8) is 0 Å². The maximum absolute atomic E-state index is 11.2. The first kappa shape index (κ1) is 22.3. The average Bonchev–Trinajstić information content (AvgIpc) is 2.39. The zero-order chi connectivity index (χ0) is 14.3. The number of carbonyl (C=O) groups is 1. The van der Waals surface area contributed by atoms with Crippen molar-refractivity contribution in [3.05, 3.63) is 54.3 Å². The Labute approximate surface area is 141 Å². The standard InChI is InChI=1S/C15H20N2O2.CH3.Ru/c1-5-16-17(3)11-13-8-6-7-9-14(13)12(2)10-15(18)19-4;;/h6-9H,5,11H2,1-4H3;1H3;/q-2;-1;+4. The molecule has 1 rings (SSSR count). The van der Waals surface area contributed by atoms with Gasteiger partial charge >= 0.3 is 19.5 Å². The number of rotatable bonds is 6. The third kappa shape index (κ3) is 7.51. The number of esters is 1. The summed E-state index contributed by atoms with van der Waals surface area (Å²) in [7, 11) is 3.28. The summed E-state index contributed by atoms with van der Waals surface area (Å²) in [5.74, 6) is -0.459. The first-order chi connectivity index (χ1) is 9.08. The first-order valence-electron chi connectivity index (χ1n) is 6.23. The van der Waals surface area contributed by atoms with Gasteiger partial charge in [0.1, 0.15) is 0 Å². The smallest absolute Gasteiger partial charge is 0.595 e. The number of hydrogen-bond acceptors (Lipinski definition) is 3. The largest absolute Gasteiger partial charge is 4.00 e. The summed E-state index contributed by atoms with van der Waals surface area (Å²) in [6.45, 7) is 5.30. The van der Waals surface area contributed by atoms with Crippen molar-refractivity contribution in [2.24, 2.45) is 0 Å². The van der Waals surface area contributed by atoms with Crippen molar-refractivity contribution < 1.29 is 29.0 Å². The van der Waals surface area contributed by atoms with E-state index in [0.29, 0.717) is 6.54 Å². The van der Waals surface area contributed by atoms with Gasteiger partial charge in [0.15, 0.2) is 0 Å². The fourth-order valence-electron chi connectivity index (χ4n) is 1.83. The van der Waals surface area contributed by atoms with Crippen molar-refractivity contribution in [2.45, 2.75) is 20.4 Å². The van der Waals surface area contributed by atoms with Gasteiger partial charge in [0.2, 0.25) is 5.97 Å². The molecule has 0 saturated heterocycles. The third-order valence-corrected chi connectivity index (χ3v) is 2.68. The second-order valence-electron chi connectivity index (χ2n) is 4.17.